The number of thiazole rings is 1. The highest BCUT2D eigenvalue weighted by Gasteiger charge is 2.45. The van der Waals surface area contributed by atoms with Gasteiger partial charge in [-0.15, -0.1) is 11.3 Å². The van der Waals surface area contributed by atoms with Crippen LogP contribution in [-0.4, -0.2) is 118 Å². The lowest BCUT2D eigenvalue weighted by Gasteiger charge is -2.36. The van der Waals surface area contributed by atoms with Gasteiger partial charge < -0.3 is 49.3 Å². The summed E-state index contributed by atoms with van der Waals surface area (Å²) in [6.45, 7) is 12.9. The minimum Gasteiger partial charge on any atom is -0.491 e. The maximum atomic E-state index is 14.2. The molecule has 378 valence electrons. The van der Waals surface area contributed by atoms with Gasteiger partial charge in [0.15, 0.2) is 0 Å². The van der Waals surface area contributed by atoms with Crippen molar-refractivity contribution in [2.24, 2.45) is 11.1 Å². The van der Waals surface area contributed by atoms with E-state index in [1.54, 1.807) is 29.4 Å². The van der Waals surface area contributed by atoms with Gasteiger partial charge in [-0.25, -0.2) is 4.98 Å². The Morgan fingerprint density at radius 2 is 1.65 bits per heavy atom. The number of carbonyl (C=O) groups is 4. The van der Waals surface area contributed by atoms with Crippen molar-refractivity contribution in [2.45, 2.75) is 85.7 Å². The summed E-state index contributed by atoms with van der Waals surface area (Å²) < 4.78 is 25.3. The van der Waals surface area contributed by atoms with E-state index < -0.39 is 41.3 Å². The quantitative estimate of drug-likeness (QED) is 0.0635. The number of benzene rings is 4. The number of likely N-dealkylation sites (tertiary alicyclic amines) is 1. The molecule has 17 heteroatoms. The molecule has 3 atom stereocenters. The molecule has 1 aliphatic rings. The van der Waals surface area contributed by atoms with E-state index in [-0.39, 0.29) is 38.7 Å². The molecule has 0 saturated carbocycles. The number of primary amides is 1. The molecule has 0 unspecified atom stereocenters. The van der Waals surface area contributed by atoms with E-state index in [1.165, 1.54) is 4.90 Å². The van der Waals surface area contributed by atoms with Crippen LogP contribution in [0.3, 0.4) is 0 Å². The van der Waals surface area contributed by atoms with Crippen molar-refractivity contribution >= 4 is 56.8 Å². The first kappa shape index (κ1) is 51.4. The Kier molecular flexibility index (Phi) is 15.9. The Hall–Kier alpha value is -6.92. The zero-order valence-electron chi connectivity index (χ0n) is 41.9. The number of nitrogens with one attached hydrogen (secondary N) is 1. The maximum Gasteiger partial charge on any atom is 0.249 e. The van der Waals surface area contributed by atoms with Crippen LogP contribution in [0.25, 0.3) is 43.4 Å². The van der Waals surface area contributed by atoms with Crippen LogP contribution >= 0.6 is 11.3 Å². The van der Waals surface area contributed by atoms with Crippen LogP contribution in [0.5, 0.6) is 5.75 Å². The van der Waals surface area contributed by atoms with Crippen molar-refractivity contribution in [1.29, 1.82) is 0 Å². The fourth-order valence-corrected chi connectivity index (χ4v) is 10.3. The molecule has 0 radical (unpaired) electrons. The third-order valence-electron chi connectivity index (χ3n) is 13.0. The Morgan fingerprint density at radius 1 is 0.903 bits per heavy atom. The number of nitrogens with two attached hydrogens (primary N) is 1. The topological polar surface area (TPSA) is 205 Å². The lowest BCUT2D eigenvalue weighted by atomic mass is 9.85. The van der Waals surface area contributed by atoms with Gasteiger partial charge in [-0.1, -0.05) is 80.5 Å². The highest BCUT2D eigenvalue weighted by Crippen LogP contribution is 2.39. The van der Waals surface area contributed by atoms with Gasteiger partial charge in [-0.2, -0.15) is 0 Å². The summed E-state index contributed by atoms with van der Waals surface area (Å²) in [6, 6.07) is 25.9. The van der Waals surface area contributed by atoms with Gasteiger partial charge in [0, 0.05) is 73.7 Å². The molecule has 0 spiro atoms. The smallest absolute Gasteiger partial charge is 0.249 e. The van der Waals surface area contributed by atoms with Gasteiger partial charge in [-0.3, -0.25) is 19.2 Å². The standard InChI is InChI=1S/C55H63N7O9S/c1-33-48(35(3)71-59-33)39-24-43(52(56)65)49-42-27-41(18-19-44(42)61(45(49)25-39)29-36-12-9-8-10-13-36)70-23-22-68-20-11-21-69-31-47(64)58-51(55(4,5)6)54(67)62-30-40(63)26-46(62)53(66)60(7)28-37-14-16-38(17-15-37)50-34(2)57-32-72-50/h8-10,12-19,24-25,27,32,40,46,51,63H,11,20-23,26,28-31H2,1-7H3,(H2,56,65)(H,58,64)/t40-,46+,51-/m1/s1. The number of fused-ring (bicyclic) bond motifs is 3. The van der Waals surface area contributed by atoms with Crippen LogP contribution in [0.15, 0.2) is 95.0 Å². The molecule has 4 aromatic carbocycles. The number of nitrogens with zero attached hydrogens (tertiary/aromatic N) is 5. The lowest BCUT2D eigenvalue weighted by Crippen LogP contribution is -2.58. The van der Waals surface area contributed by atoms with Crippen LogP contribution < -0.4 is 15.8 Å². The number of hydrogen-bond acceptors (Lipinski definition) is 12. The fourth-order valence-electron chi connectivity index (χ4n) is 9.47. The Labute approximate surface area is 423 Å². The van der Waals surface area contributed by atoms with Gasteiger partial charge >= 0.3 is 0 Å². The number of rotatable bonds is 20. The first-order valence-electron chi connectivity index (χ1n) is 24.2. The predicted octanol–water partition coefficient (Wildman–Crippen LogP) is 7.60. The number of aliphatic hydroxyl groups is 1. The number of aryl methyl sites for hydroxylation is 3. The average Bonchev–Trinajstić information content (AvgIpc) is 4.13. The first-order chi connectivity index (χ1) is 34.5. The third-order valence-corrected chi connectivity index (χ3v) is 14.0. The maximum absolute atomic E-state index is 14.2. The van der Waals surface area contributed by atoms with E-state index >= 15 is 0 Å². The van der Waals surface area contributed by atoms with Crippen molar-refractivity contribution in [2.75, 3.05) is 46.6 Å². The number of aromatic nitrogens is 3. The second-order valence-corrected chi connectivity index (χ2v) is 20.4. The average molecular weight is 998 g/mol. The molecular formula is C55H63N7O9S. The van der Waals surface area contributed by atoms with Crippen LogP contribution in [0.4, 0.5) is 0 Å². The van der Waals surface area contributed by atoms with E-state index in [1.807, 2.05) is 108 Å². The van der Waals surface area contributed by atoms with Gasteiger partial charge in [0.2, 0.25) is 23.6 Å². The third kappa shape index (κ3) is 11.5. The molecular weight excluding hydrogens is 935 g/mol. The van der Waals surface area contributed by atoms with E-state index in [2.05, 4.69) is 38.2 Å². The van der Waals surface area contributed by atoms with Gasteiger partial charge in [0.1, 0.15) is 36.8 Å². The minimum absolute atomic E-state index is 0.0178. The second kappa shape index (κ2) is 22.2. The van der Waals surface area contributed by atoms with E-state index in [9.17, 15) is 24.3 Å². The Bertz CT molecular complexity index is 3050. The van der Waals surface area contributed by atoms with Gasteiger partial charge in [0.25, 0.3) is 0 Å². The molecule has 4 amide bonds. The van der Waals surface area contributed by atoms with Crippen LogP contribution in [0.1, 0.15) is 72.2 Å². The summed E-state index contributed by atoms with van der Waals surface area (Å²) in [7, 11) is 1.69. The first-order valence-corrected chi connectivity index (χ1v) is 25.0. The van der Waals surface area contributed by atoms with Gasteiger partial charge in [0.05, 0.1) is 40.0 Å². The normalized spacial score (nSPS) is 15.3. The molecule has 7 aromatic rings. The molecule has 1 aliphatic heterocycles. The number of hydrogen-bond donors (Lipinski definition) is 3. The van der Waals surface area contributed by atoms with E-state index in [4.69, 9.17) is 24.5 Å². The number of carbonyl (C=O) groups excluding carboxylic acids is 4. The molecule has 0 bridgehead atoms. The second-order valence-electron chi connectivity index (χ2n) is 19.5. The van der Waals surface area contributed by atoms with Crippen LogP contribution in [0.2, 0.25) is 0 Å². The summed E-state index contributed by atoms with van der Waals surface area (Å²) in [6.07, 6.45) is -0.272. The predicted molar refractivity (Wildman–Crippen MR) is 276 cm³/mol. The number of amides is 4. The summed E-state index contributed by atoms with van der Waals surface area (Å²) in [5.41, 5.74) is 15.7. The molecule has 1 saturated heterocycles. The highest BCUT2D eigenvalue weighted by atomic mass is 32.1. The number of likely N-dealkylation sites (N-methyl/N-ethyl adjacent to an activating group) is 1. The Balaban J connectivity index is 0.815. The van der Waals surface area contributed by atoms with Crippen molar-refractivity contribution in [1.82, 2.24) is 29.8 Å². The summed E-state index contributed by atoms with van der Waals surface area (Å²) >= 11 is 1.58. The monoisotopic (exact) mass is 997 g/mol. The van der Waals surface area contributed by atoms with Crippen LogP contribution in [-0.2, 0) is 36.9 Å². The summed E-state index contributed by atoms with van der Waals surface area (Å²) in [5, 5.41) is 19.2. The molecule has 3 aromatic heterocycles. The molecule has 72 heavy (non-hydrogen) atoms. The molecule has 4 N–H and O–H groups in total. The molecule has 8 rings (SSSR count). The van der Waals surface area contributed by atoms with E-state index in [0.29, 0.717) is 55.5 Å². The number of ether oxygens (including phenoxy) is 3. The molecule has 4 heterocycles. The van der Waals surface area contributed by atoms with E-state index in [0.717, 1.165) is 60.2 Å². The largest absolute Gasteiger partial charge is 0.491 e. The van der Waals surface area contributed by atoms with Crippen molar-refractivity contribution in [3.8, 4) is 27.3 Å². The van der Waals surface area contributed by atoms with Gasteiger partial charge in [-0.05, 0) is 85.2 Å². The SMILES string of the molecule is Cc1ncsc1-c1ccc(CN(C)C(=O)[C@@H]2C[C@@H](O)CN2C(=O)[C@@H](NC(=O)COCCCOCCOc2ccc3c(c2)c2c(C(N)=O)cc(-c4c(C)noc4C)cc2n3Cc2ccccc2)C(C)(C)C)cc1. The molecule has 16 nitrogen and oxygen atoms in total. The van der Waals surface area contributed by atoms with Crippen LogP contribution in [0, 0.1) is 26.2 Å². The highest BCUT2D eigenvalue weighted by molar-refractivity contribution is 7.13. The minimum atomic E-state index is -0.976. The number of aliphatic hydroxyl groups excluding tert-OH is 1. The lowest BCUT2D eigenvalue weighted by molar-refractivity contribution is -0.147. The molecule has 1 fully saturated rings. The zero-order chi connectivity index (χ0) is 51.3. The summed E-state index contributed by atoms with van der Waals surface area (Å²) in [5.74, 6) is -0.501. The number of β-amino-alcohol motifs (C(OH)–C–C–N with tert-alkyl or cyclic N) is 1. The van der Waals surface area contributed by atoms with Crippen molar-refractivity contribution in [3.63, 3.8) is 0 Å². The van der Waals surface area contributed by atoms with Crippen molar-refractivity contribution in [3.05, 3.63) is 124 Å². The fraction of sp³-hybridized carbons (Fsp3) is 0.382. The molecule has 0 aliphatic carbocycles. The van der Waals surface area contributed by atoms with Crippen molar-refractivity contribution < 1.29 is 43.0 Å². The Morgan fingerprint density at radius 3 is 2.33 bits per heavy atom. The zero-order valence-corrected chi connectivity index (χ0v) is 42.7. The summed E-state index contributed by atoms with van der Waals surface area (Å²) in [4.78, 5) is 62.7.